The van der Waals surface area contributed by atoms with Gasteiger partial charge in [-0.25, -0.2) is 0 Å². The average Bonchev–Trinajstić information content (AvgIpc) is 3.42. The number of thiophene rings is 1. The molecule has 4 N–H and O–H groups in total. The SMILES string of the molecule is NC(=O)c1c(NC(=O)CSc2nnc(NCc3ccco3)s2)sc2c1CCC2. The Balaban J connectivity index is 1.31. The van der Waals surface area contributed by atoms with Crippen LogP contribution in [0.1, 0.15) is 33.0 Å². The van der Waals surface area contributed by atoms with Crippen molar-refractivity contribution in [1.29, 1.82) is 0 Å². The lowest BCUT2D eigenvalue weighted by Gasteiger charge is -2.05. The van der Waals surface area contributed by atoms with Crippen LogP contribution in [0, 0.1) is 0 Å². The minimum atomic E-state index is -0.487. The number of hydrogen-bond donors (Lipinski definition) is 3. The van der Waals surface area contributed by atoms with Gasteiger partial charge in [-0.3, -0.25) is 9.59 Å². The molecule has 0 spiro atoms. The Kier molecular flexibility index (Phi) is 5.64. The van der Waals surface area contributed by atoms with E-state index < -0.39 is 5.91 Å². The fourth-order valence-electron chi connectivity index (χ4n) is 2.96. The maximum absolute atomic E-state index is 12.3. The summed E-state index contributed by atoms with van der Waals surface area (Å²) in [6.07, 6.45) is 4.42. The predicted octanol–water partition coefficient (Wildman–Crippen LogP) is 3.12. The van der Waals surface area contributed by atoms with Gasteiger partial charge in [-0.15, -0.1) is 21.5 Å². The van der Waals surface area contributed by atoms with Crippen molar-refractivity contribution in [2.24, 2.45) is 5.73 Å². The number of nitrogens with zero attached hydrogens (tertiary/aromatic N) is 2. The van der Waals surface area contributed by atoms with Crippen LogP contribution in [0.2, 0.25) is 0 Å². The number of carbonyl (C=O) groups is 2. The number of aryl methyl sites for hydroxylation is 1. The van der Waals surface area contributed by atoms with Gasteiger partial charge in [0.2, 0.25) is 11.0 Å². The molecule has 0 saturated heterocycles. The van der Waals surface area contributed by atoms with Crippen LogP contribution in [0.4, 0.5) is 10.1 Å². The summed E-state index contributed by atoms with van der Waals surface area (Å²) < 4.78 is 5.93. The molecule has 3 heterocycles. The summed E-state index contributed by atoms with van der Waals surface area (Å²) in [5, 5.41) is 15.3. The molecule has 1 aliphatic carbocycles. The highest BCUT2D eigenvalue weighted by molar-refractivity contribution is 8.01. The fraction of sp³-hybridized carbons (Fsp3) is 0.294. The van der Waals surface area contributed by atoms with Crippen molar-refractivity contribution in [3.05, 3.63) is 40.2 Å². The first-order valence-electron chi connectivity index (χ1n) is 8.57. The largest absolute Gasteiger partial charge is 0.467 e. The van der Waals surface area contributed by atoms with E-state index in [1.807, 2.05) is 12.1 Å². The Morgan fingerprint density at radius 3 is 2.96 bits per heavy atom. The van der Waals surface area contributed by atoms with Gasteiger partial charge in [-0.1, -0.05) is 23.1 Å². The molecule has 0 atom stereocenters. The van der Waals surface area contributed by atoms with Crippen molar-refractivity contribution in [2.45, 2.75) is 30.1 Å². The molecular formula is C17H17N5O3S3. The van der Waals surface area contributed by atoms with E-state index in [0.717, 1.165) is 35.5 Å². The number of fused-ring (bicyclic) bond motifs is 1. The number of nitrogens with one attached hydrogen (secondary N) is 2. The highest BCUT2D eigenvalue weighted by Gasteiger charge is 2.26. The van der Waals surface area contributed by atoms with Gasteiger partial charge in [-0.2, -0.15) is 0 Å². The number of aromatic nitrogens is 2. The smallest absolute Gasteiger partial charge is 0.251 e. The minimum Gasteiger partial charge on any atom is -0.467 e. The number of carbonyl (C=O) groups excluding carboxylic acids is 2. The zero-order valence-corrected chi connectivity index (χ0v) is 17.1. The Labute approximate surface area is 172 Å². The molecule has 3 aromatic rings. The van der Waals surface area contributed by atoms with E-state index in [0.29, 0.717) is 26.6 Å². The number of amides is 2. The zero-order chi connectivity index (χ0) is 19.5. The third-order valence-corrected chi connectivity index (χ3v) is 7.37. The number of primary amides is 1. The summed E-state index contributed by atoms with van der Waals surface area (Å²) in [6.45, 7) is 0.520. The Morgan fingerprint density at radius 1 is 1.29 bits per heavy atom. The van der Waals surface area contributed by atoms with E-state index in [1.54, 1.807) is 6.26 Å². The molecule has 0 bridgehead atoms. The number of anilines is 2. The van der Waals surface area contributed by atoms with Gasteiger partial charge >= 0.3 is 0 Å². The van der Waals surface area contributed by atoms with Crippen LogP contribution in [-0.2, 0) is 24.2 Å². The van der Waals surface area contributed by atoms with Gasteiger partial charge < -0.3 is 20.8 Å². The molecule has 0 unspecified atom stereocenters. The minimum absolute atomic E-state index is 0.174. The van der Waals surface area contributed by atoms with Gasteiger partial charge in [0, 0.05) is 4.88 Å². The first-order valence-corrected chi connectivity index (χ1v) is 11.2. The molecule has 4 rings (SSSR count). The van der Waals surface area contributed by atoms with Gasteiger partial charge in [0.25, 0.3) is 5.91 Å². The Hall–Kier alpha value is -2.37. The molecule has 0 aliphatic heterocycles. The first-order chi connectivity index (χ1) is 13.6. The van der Waals surface area contributed by atoms with E-state index >= 15 is 0 Å². The third kappa shape index (κ3) is 4.21. The van der Waals surface area contributed by atoms with Crippen LogP contribution in [-0.4, -0.2) is 27.8 Å². The molecule has 3 aromatic heterocycles. The second kappa shape index (κ2) is 8.33. The lowest BCUT2D eigenvalue weighted by Crippen LogP contribution is -2.18. The van der Waals surface area contributed by atoms with E-state index in [2.05, 4.69) is 20.8 Å². The van der Waals surface area contributed by atoms with E-state index in [4.69, 9.17) is 10.2 Å². The van der Waals surface area contributed by atoms with E-state index in [1.165, 1.54) is 34.4 Å². The molecule has 2 amide bonds. The fourth-order valence-corrected chi connectivity index (χ4v) is 5.82. The Bertz CT molecular complexity index is 996. The quantitative estimate of drug-likeness (QED) is 0.465. The number of nitrogens with two attached hydrogens (primary N) is 1. The third-order valence-electron chi connectivity index (χ3n) is 4.15. The summed E-state index contributed by atoms with van der Waals surface area (Å²) in [6, 6.07) is 3.69. The maximum Gasteiger partial charge on any atom is 0.251 e. The van der Waals surface area contributed by atoms with Crippen molar-refractivity contribution in [3.63, 3.8) is 0 Å². The van der Waals surface area contributed by atoms with Gasteiger partial charge in [0.1, 0.15) is 10.8 Å². The number of furan rings is 1. The van der Waals surface area contributed by atoms with Gasteiger partial charge in [0.15, 0.2) is 4.34 Å². The molecule has 146 valence electrons. The highest BCUT2D eigenvalue weighted by atomic mass is 32.2. The molecule has 8 nitrogen and oxygen atoms in total. The summed E-state index contributed by atoms with van der Waals surface area (Å²) in [5.41, 5.74) is 6.99. The van der Waals surface area contributed by atoms with Crippen LogP contribution in [0.3, 0.4) is 0 Å². The number of hydrogen-bond acceptors (Lipinski definition) is 9. The second-order valence-corrected chi connectivity index (χ2v) is 9.37. The average molecular weight is 436 g/mol. The number of thioether (sulfide) groups is 1. The van der Waals surface area contributed by atoms with Crippen LogP contribution >= 0.6 is 34.4 Å². The summed E-state index contributed by atoms with van der Waals surface area (Å²) in [7, 11) is 0. The zero-order valence-electron chi connectivity index (χ0n) is 14.7. The lowest BCUT2D eigenvalue weighted by atomic mass is 10.1. The standard InChI is InChI=1S/C17H17N5O3S3/c18-14(24)13-10-4-1-5-11(10)27-15(13)20-12(23)8-26-17-22-21-16(28-17)19-7-9-3-2-6-25-9/h2-3,6H,1,4-5,7-8H2,(H2,18,24)(H,19,21)(H,20,23). The first kappa shape index (κ1) is 19.0. The van der Waals surface area contributed by atoms with Crippen LogP contribution in [0.15, 0.2) is 27.2 Å². The monoisotopic (exact) mass is 435 g/mol. The van der Waals surface area contributed by atoms with Crippen LogP contribution in [0.25, 0.3) is 0 Å². The topological polar surface area (TPSA) is 123 Å². The molecular weight excluding hydrogens is 418 g/mol. The van der Waals surface area contributed by atoms with Crippen molar-refractivity contribution in [2.75, 3.05) is 16.4 Å². The highest BCUT2D eigenvalue weighted by Crippen LogP contribution is 2.39. The molecule has 28 heavy (non-hydrogen) atoms. The molecule has 11 heteroatoms. The number of rotatable bonds is 8. The Morgan fingerprint density at radius 2 is 2.18 bits per heavy atom. The van der Waals surface area contributed by atoms with Crippen LogP contribution in [0.5, 0.6) is 0 Å². The van der Waals surface area contributed by atoms with Crippen LogP contribution < -0.4 is 16.4 Å². The van der Waals surface area contributed by atoms with Crippen molar-refractivity contribution in [3.8, 4) is 0 Å². The molecule has 0 saturated carbocycles. The molecule has 0 fully saturated rings. The van der Waals surface area contributed by atoms with Gasteiger partial charge in [-0.05, 0) is 37.0 Å². The molecule has 0 aromatic carbocycles. The van der Waals surface area contributed by atoms with Crippen molar-refractivity contribution in [1.82, 2.24) is 10.2 Å². The van der Waals surface area contributed by atoms with Crippen molar-refractivity contribution >= 4 is 56.4 Å². The lowest BCUT2D eigenvalue weighted by molar-refractivity contribution is -0.113. The normalized spacial score (nSPS) is 12.7. The van der Waals surface area contributed by atoms with Crippen molar-refractivity contribution < 1.29 is 14.0 Å². The maximum atomic E-state index is 12.3. The predicted molar refractivity (Wildman–Crippen MR) is 110 cm³/mol. The molecule has 1 aliphatic rings. The van der Waals surface area contributed by atoms with E-state index in [-0.39, 0.29) is 11.7 Å². The summed E-state index contributed by atoms with van der Waals surface area (Å²) in [5.74, 6) is 0.288. The van der Waals surface area contributed by atoms with E-state index in [9.17, 15) is 9.59 Å². The second-order valence-electron chi connectivity index (χ2n) is 6.07. The molecule has 0 radical (unpaired) electrons. The summed E-state index contributed by atoms with van der Waals surface area (Å²) >= 11 is 4.11. The summed E-state index contributed by atoms with van der Waals surface area (Å²) in [4.78, 5) is 25.3. The van der Waals surface area contributed by atoms with Gasteiger partial charge in [0.05, 0.1) is 24.1 Å².